The van der Waals surface area contributed by atoms with E-state index in [1.807, 2.05) is 20.0 Å². The maximum Gasteiger partial charge on any atom is 0.307 e. The summed E-state index contributed by atoms with van der Waals surface area (Å²) >= 11 is 1.78. The molecule has 0 aliphatic carbocycles. The number of piperidine rings is 1. The normalized spacial score (nSPS) is 18.0. The first-order chi connectivity index (χ1) is 19.1. The van der Waals surface area contributed by atoms with E-state index in [1.54, 1.807) is 11.8 Å². The monoisotopic (exact) mass is 545 g/mol. The Bertz CT molecular complexity index is 1230. The maximum atomic E-state index is 11.7. The van der Waals surface area contributed by atoms with Crippen molar-refractivity contribution in [3.8, 4) is 0 Å². The third-order valence-corrected chi connectivity index (χ3v) is 8.67. The minimum absolute atomic E-state index is 0.0935. The molecule has 1 aromatic heterocycles. The molecule has 2 aliphatic rings. The van der Waals surface area contributed by atoms with Crippen molar-refractivity contribution in [3.63, 3.8) is 0 Å². The lowest BCUT2D eigenvalue weighted by Gasteiger charge is -2.39. The molecule has 1 atom stereocenters. The van der Waals surface area contributed by atoms with Crippen LogP contribution in [0.4, 0.5) is 11.5 Å². The van der Waals surface area contributed by atoms with Gasteiger partial charge in [-0.3, -0.25) is 4.79 Å². The van der Waals surface area contributed by atoms with E-state index >= 15 is 0 Å². The molecule has 206 valence electrons. The average Bonchev–Trinajstić information content (AvgIpc) is 2.95. The van der Waals surface area contributed by atoms with Gasteiger partial charge in [-0.25, -0.2) is 9.97 Å². The molecule has 0 spiro atoms. The van der Waals surface area contributed by atoms with Crippen LogP contribution in [0.5, 0.6) is 0 Å². The molecule has 3 aromatic rings. The molecular weight excluding hydrogens is 506 g/mol. The van der Waals surface area contributed by atoms with Crippen molar-refractivity contribution < 1.29 is 9.53 Å². The average molecular weight is 546 g/mol. The summed E-state index contributed by atoms with van der Waals surface area (Å²) < 4.78 is 5.09. The second-order valence-electron chi connectivity index (χ2n) is 10.4. The molecule has 5 rings (SSSR count). The van der Waals surface area contributed by atoms with Gasteiger partial charge in [0.1, 0.15) is 11.6 Å². The number of nitrogens with one attached hydrogen (secondary N) is 1. The minimum atomic E-state index is -0.0935. The molecule has 1 saturated heterocycles. The van der Waals surface area contributed by atoms with Gasteiger partial charge in [0.05, 0.1) is 19.1 Å². The van der Waals surface area contributed by atoms with Crippen molar-refractivity contribution >= 4 is 29.2 Å². The quantitative estimate of drug-likeness (QED) is 0.313. The number of hydrogen-bond donors (Lipinski definition) is 1. The number of likely N-dealkylation sites (tertiary alicyclic amines) is 1. The summed E-state index contributed by atoms with van der Waals surface area (Å²) in [5, 5.41) is 3.84. The molecule has 0 radical (unpaired) electrons. The lowest BCUT2D eigenvalue weighted by molar-refractivity contribution is -0.143. The highest BCUT2D eigenvalue weighted by molar-refractivity contribution is 7.99. The van der Waals surface area contributed by atoms with Crippen LogP contribution in [0, 0.1) is 12.8 Å². The second kappa shape index (κ2) is 13.3. The second-order valence-corrected chi connectivity index (χ2v) is 11.5. The number of hydrogen-bond acceptors (Lipinski definition) is 8. The molecule has 1 fully saturated rings. The van der Waals surface area contributed by atoms with Crippen molar-refractivity contribution in [1.82, 2.24) is 14.9 Å². The van der Waals surface area contributed by atoms with Crippen LogP contribution in [0.15, 0.2) is 70.6 Å². The number of para-hydroxylation sites is 1. The first-order valence-corrected chi connectivity index (χ1v) is 15.0. The molecule has 3 heterocycles. The largest absolute Gasteiger partial charge is 0.466 e. The first kappa shape index (κ1) is 27.5. The fourth-order valence-electron chi connectivity index (χ4n) is 5.51. The Balaban J connectivity index is 1.23. The lowest BCUT2D eigenvalue weighted by Crippen LogP contribution is -2.42. The van der Waals surface area contributed by atoms with Crippen LogP contribution < -0.4 is 10.2 Å². The van der Waals surface area contributed by atoms with Crippen molar-refractivity contribution in [3.05, 3.63) is 72.2 Å². The van der Waals surface area contributed by atoms with E-state index < -0.39 is 0 Å². The van der Waals surface area contributed by atoms with Crippen LogP contribution in [-0.4, -0.2) is 60.2 Å². The number of fused-ring (bicyclic) bond motifs is 1. The third-order valence-electron chi connectivity index (χ3n) is 7.59. The van der Waals surface area contributed by atoms with Crippen LogP contribution in [0.1, 0.15) is 50.0 Å². The summed E-state index contributed by atoms with van der Waals surface area (Å²) in [6, 6.07) is 19.2. The predicted octanol–water partition coefficient (Wildman–Crippen LogP) is 5.96. The fourth-order valence-corrected chi connectivity index (χ4v) is 6.44. The highest BCUT2D eigenvalue weighted by atomic mass is 32.2. The number of anilines is 2. The van der Waals surface area contributed by atoms with Crippen molar-refractivity contribution in [2.24, 2.45) is 5.92 Å². The van der Waals surface area contributed by atoms with Crippen molar-refractivity contribution in [2.45, 2.75) is 55.4 Å². The number of rotatable bonds is 10. The summed E-state index contributed by atoms with van der Waals surface area (Å²) in [6.45, 7) is 9.14. The summed E-state index contributed by atoms with van der Waals surface area (Å²) in [6.07, 6.45) is 5.79. The smallest absolute Gasteiger partial charge is 0.307 e. The number of esters is 1. The van der Waals surface area contributed by atoms with Gasteiger partial charge < -0.3 is 19.9 Å². The predicted molar refractivity (Wildman–Crippen MR) is 157 cm³/mol. The van der Waals surface area contributed by atoms with E-state index in [2.05, 4.69) is 74.7 Å². The number of aromatic nitrogens is 2. The minimum Gasteiger partial charge on any atom is -0.466 e. The standard InChI is InChI=1S/C31H39N5O2S/c1-3-38-30(37)16-19-35-17-13-24(14-18-35)22-36-20-15-27(26-21-32-23(2)33-31(26)36)34-28-11-7-8-12-29(28)39-25-9-5-4-6-10-25/h4-12,21,24,27,34H,3,13-20,22H2,1-2H3. The molecule has 2 aliphatic heterocycles. The van der Waals surface area contributed by atoms with Crippen LogP contribution in [0.25, 0.3) is 0 Å². The number of ether oxygens (including phenoxy) is 1. The lowest BCUT2D eigenvalue weighted by atomic mass is 9.94. The van der Waals surface area contributed by atoms with Gasteiger partial charge in [0.15, 0.2) is 0 Å². The Kier molecular flexibility index (Phi) is 9.37. The van der Waals surface area contributed by atoms with Gasteiger partial charge >= 0.3 is 5.97 Å². The molecule has 0 bridgehead atoms. The molecule has 1 unspecified atom stereocenters. The SMILES string of the molecule is CCOC(=O)CCN1CCC(CN2CCC(Nc3ccccc3Sc3ccccc3)c3cnc(C)nc32)CC1. The Hall–Kier alpha value is -3.10. The van der Waals surface area contributed by atoms with E-state index in [1.165, 1.54) is 15.4 Å². The number of aryl methyl sites for hydroxylation is 1. The molecule has 0 amide bonds. The van der Waals surface area contributed by atoms with Gasteiger partial charge in [0.25, 0.3) is 0 Å². The van der Waals surface area contributed by atoms with Gasteiger partial charge in [0.2, 0.25) is 0 Å². The first-order valence-electron chi connectivity index (χ1n) is 14.1. The van der Waals surface area contributed by atoms with Crippen molar-refractivity contribution in [1.29, 1.82) is 0 Å². The zero-order valence-corrected chi connectivity index (χ0v) is 23.8. The van der Waals surface area contributed by atoms with Crippen LogP contribution in [0.3, 0.4) is 0 Å². The number of nitrogens with zero attached hydrogens (tertiary/aromatic N) is 4. The van der Waals surface area contributed by atoms with Crippen LogP contribution >= 0.6 is 11.8 Å². The number of benzene rings is 2. The van der Waals surface area contributed by atoms with E-state index in [-0.39, 0.29) is 12.0 Å². The highest BCUT2D eigenvalue weighted by Crippen LogP contribution is 2.39. The number of carbonyl (C=O) groups is 1. The molecule has 7 nitrogen and oxygen atoms in total. The van der Waals surface area contributed by atoms with Gasteiger partial charge in [-0.1, -0.05) is 42.1 Å². The van der Waals surface area contributed by atoms with Crippen LogP contribution in [-0.2, 0) is 9.53 Å². The van der Waals surface area contributed by atoms with Gasteiger partial charge in [-0.05, 0) is 76.4 Å². The summed E-state index contributed by atoms with van der Waals surface area (Å²) in [5.41, 5.74) is 2.32. The molecule has 39 heavy (non-hydrogen) atoms. The van der Waals surface area contributed by atoms with Gasteiger partial charge in [-0.15, -0.1) is 0 Å². The third kappa shape index (κ3) is 7.31. The zero-order chi connectivity index (χ0) is 27.0. The summed E-state index contributed by atoms with van der Waals surface area (Å²) in [4.78, 5) is 28.6. The number of carbonyl (C=O) groups excluding carboxylic acids is 1. The molecule has 8 heteroatoms. The van der Waals surface area contributed by atoms with Gasteiger partial charge in [-0.2, -0.15) is 0 Å². The zero-order valence-electron chi connectivity index (χ0n) is 23.0. The Morgan fingerprint density at radius 2 is 1.82 bits per heavy atom. The maximum absolute atomic E-state index is 11.7. The Morgan fingerprint density at radius 1 is 1.05 bits per heavy atom. The van der Waals surface area contributed by atoms with Crippen LogP contribution in [0.2, 0.25) is 0 Å². The summed E-state index contributed by atoms with van der Waals surface area (Å²) in [5.74, 6) is 2.42. The van der Waals surface area contributed by atoms with Gasteiger partial charge in [0, 0.05) is 46.9 Å². The summed E-state index contributed by atoms with van der Waals surface area (Å²) in [7, 11) is 0. The molecule has 2 aromatic carbocycles. The van der Waals surface area contributed by atoms with E-state index in [0.717, 1.165) is 69.3 Å². The highest BCUT2D eigenvalue weighted by Gasteiger charge is 2.30. The van der Waals surface area contributed by atoms with E-state index in [4.69, 9.17) is 9.72 Å². The Labute approximate surface area is 236 Å². The topological polar surface area (TPSA) is 70.6 Å². The fraction of sp³-hybridized carbons (Fsp3) is 0.452. The molecule has 0 saturated carbocycles. The molecule has 1 N–H and O–H groups in total. The van der Waals surface area contributed by atoms with E-state index in [0.29, 0.717) is 18.9 Å². The Morgan fingerprint density at radius 3 is 2.62 bits per heavy atom. The van der Waals surface area contributed by atoms with E-state index in [9.17, 15) is 4.79 Å². The van der Waals surface area contributed by atoms with Crippen molar-refractivity contribution in [2.75, 3.05) is 49.5 Å². The molecular formula is C31H39N5O2S.